The Morgan fingerprint density at radius 2 is 0.667 bits per heavy atom. The Kier molecular flexibility index (Phi) is 7.70. The van der Waals surface area contributed by atoms with Gasteiger partial charge < -0.3 is 28.8 Å². The van der Waals surface area contributed by atoms with Gasteiger partial charge in [-0.25, -0.2) is 0 Å². The van der Waals surface area contributed by atoms with E-state index in [1.165, 1.54) is 0 Å². The van der Waals surface area contributed by atoms with Gasteiger partial charge in [-0.1, -0.05) is 0 Å². The van der Waals surface area contributed by atoms with Crippen LogP contribution < -0.4 is 0 Å². The van der Waals surface area contributed by atoms with Crippen molar-refractivity contribution in [1.29, 1.82) is 0 Å². The van der Waals surface area contributed by atoms with Crippen molar-refractivity contribution in [2.24, 2.45) is 0 Å². The molecular weight excluding hydrogens is 368 g/mol. The summed E-state index contributed by atoms with van der Waals surface area (Å²) >= 11 is 0. The largest absolute Gasteiger partial charge is 0.455 e. The molecule has 27 heavy (non-hydrogen) atoms. The number of ether oxygens (including phenoxy) is 5. The minimum atomic E-state index is -1.74. The first kappa shape index (κ1) is 22.4. The van der Waals surface area contributed by atoms with Gasteiger partial charge in [-0.2, -0.15) is 0 Å². The van der Waals surface area contributed by atoms with Crippen LogP contribution in [0.3, 0.4) is 0 Å². The topological polar surface area (TPSA) is 152 Å². The van der Waals surface area contributed by atoms with Crippen LogP contribution in [0.4, 0.5) is 0 Å². The van der Waals surface area contributed by atoms with E-state index in [1.807, 2.05) is 0 Å². The number of aliphatic hydroxyl groups is 1. The van der Waals surface area contributed by atoms with E-state index in [1.54, 1.807) is 0 Å². The van der Waals surface area contributed by atoms with Crippen LogP contribution in [0.5, 0.6) is 0 Å². The average molecular weight is 390 g/mol. The molecule has 6 atom stereocenters. The summed E-state index contributed by atoms with van der Waals surface area (Å²) in [6, 6.07) is 0. The maximum atomic E-state index is 11.5. The SMILES string of the molecule is CC(=O)OC1[C@@H](OC(C)=O)[C@H](OC(C)=O)C(O)[C@H](OC(C)=O)[C@H]1OC(C)=O. The first-order chi connectivity index (χ1) is 12.4. The molecule has 1 N–H and O–H groups in total. The molecule has 0 aromatic heterocycles. The predicted octanol–water partition coefficient (Wildman–Crippen LogP) is -0.981. The molecule has 0 bridgehead atoms. The molecule has 1 fully saturated rings. The molecule has 0 heterocycles. The van der Waals surface area contributed by atoms with E-state index in [0.29, 0.717) is 0 Å². The van der Waals surface area contributed by atoms with Crippen molar-refractivity contribution in [2.75, 3.05) is 0 Å². The summed E-state index contributed by atoms with van der Waals surface area (Å²) < 4.78 is 25.2. The van der Waals surface area contributed by atoms with Crippen LogP contribution in [0.15, 0.2) is 0 Å². The van der Waals surface area contributed by atoms with Crippen molar-refractivity contribution in [1.82, 2.24) is 0 Å². The highest BCUT2D eigenvalue weighted by Crippen LogP contribution is 2.32. The maximum Gasteiger partial charge on any atom is 0.303 e. The van der Waals surface area contributed by atoms with Crippen molar-refractivity contribution < 1.29 is 52.8 Å². The number of aliphatic hydroxyl groups excluding tert-OH is 1. The highest BCUT2D eigenvalue weighted by molar-refractivity contribution is 5.70. The quantitative estimate of drug-likeness (QED) is 0.455. The third-order valence-corrected chi connectivity index (χ3v) is 3.48. The molecule has 1 rings (SSSR count). The highest BCUT2D eigenvalue weighted by atomic mass is 16.7. The second kappa shape index (κ2) is 9.31. The van der Waals surface area contributed by atoms with E-state index >= 15 is 0 Å². The summed E-state index contributed by atoms with van der Waals surface area (Å²) in [4.78, 5) is 57.4. The van der Waals surface area contributed by atoms with Gasteiger partial charge in [-0.15, -0.1) is 0 Å². The molecule has 11 nitrogen and oxygen atoms in total. The number of hydrogen-bond acceptors (Lipinski definition) is 11. The summed E-state index contributed by atoms with van der Waals surface area (Å²) in [6.07, 6.45) is -9.37. The van der Waals surface area contributed by atoms with Crippen molar-refractivity contribution in [3.8, 4) is 0 Å². The third kappa shape index (κ3) is 6.20. The maximum absolute atomic E-state index is 11.5. The van der Waals surface area contributed by atoms with Gasteiger partial charge in [0, 0.05) is 34.6 Å². The molecule has 0 aromatic carbocycles. The first-order valence-electron chi connectivity index (χ1n) is 7.98. The average Bonchev–Trinajstić information content (AvgIpc) is 2.49. The molecule has 0 saturated heterocycles. The molecule has 11 heteroatoms. The van der Waals surface area contributed by atoms with Crippen LogP contribution in [0, 0.1) is 0 Å². The zero-order valence-corrected chi connectivity index (χ0v) is 15.5. The summed E-state index contributed by atoms with van der Waals surface area (Å²) in [5.41, 5.74) is 0. The standard InChI is InChI=1S/C16H22O11/c1-6(17)23-12-11(22)13(24-7(2)18)15(26-9(4)20)16(27-10(5)21)14(12)25-8(3)19/h11-16,22H,1-5H3/t11?,12-,13+,14+,15-,16?. The monoisotopic (exact) mass is 390 g/mol. The fourth-order valence-electron chi connectivity index (χ4n) is 2.77. The molecule has 1 aliphatic carbocycles. The number of carbonyl (C=O) groups is 5. The molecular formula is C16H22O11. The molecule has 0 amide bonds. The van der Waals surface area contributed by atoms with Crippen LogP contribution in [0.1, 0.15) is 34.6 Å². The van der Waals surface area contributed by atoms with Gasteiger partial charge in [0.15, 0.2) is 30.5 Å². The number of hydrogen-bond donors (Lipinski definition) is 1. The lowest BCUT2D eigenvalue weighted by Gasteiger charge is -2.45. The Labute approximate surface area is 154 Å². The second-order valence-electron chi connectivity index (χ2n) is 5.86. The van der Waals surface area contributed by atoms with E-state index in [0.717, 1.165) is 34.6 Å². The summed E-state index contributed by atoms with van der Waals surface area (Å²) in [6.45, 7) is 5.21. The Morgan fingerprint density at radius 1 is 0.481 bits per heavy atom. The van der Waals surface area contributed by atoms with E-state index in [9.17, 15) is 29.1 Å². The minimum Gasteiger partial charge on any atom is -0.455 e. The summed E-state index contributed by atoms with van der Waals surface area (Å²) in [7, 11) is 0. The molecule has 2 unspecified atom stereocenters. The lowest BCUT2D eigenvalue weighted by molar-refractivity contribution is -0.255. The van der Waals surface area contributed by atoms with Gasteiger partial charge in [-0.05, 0) is 0 Å². The van der Waals surface area contributed by atoms with Crippen molar-refractivity contribution in [3.63, 3.8) is 0 Å². The molecule has 1 aliphatic rings. The van der Waals surface area contributed by atoms with Crippen LogP contribution in [0.25, 0.3) is 0 Å². The smallest absolute Gasteiger partial charge is 0.303 e. The Morgan fingerprint density at radius 3 is 0.889 bits per heavy atom. The van der Waals surface area contributed by atoms with Gasteiger partial charge in [0.25, 0.3) is 0 Å². The molecule has 0 spiro atoms. The summed E-state index contributed by atoms with van der Waals surface area (Å²) in [5, 5.41) is 10.6. The van der Waals surface area contributed by atoms with E-state index in [2.05, 4.69) is 0 Å². The molecule has 1 saturated carbocycles. The van der Waals surface area contributed by atoms with Crippen molar-refractivity contribution in [2.45, 2.75) is 71.2 Å². The highest BCUT2D eigenvalue weighted by Gasteiger charge is 2.58. The van der Waals surface area contributed by atoms with E-state index in [-0.39, 0.29) is 0 Å². The Bertz CT molecular complexity index is 569. The minimum absolute atomic E-state index is 0.839. The zero-order valence-electron chi connectivity index (χ0n) is 15.5. The van der Waals surface area contributed by atoms with Crippen LogP contribution >= 0.6 is 0 Å². The lowest BCUT2D eigenvalue weighted by Crippen LogP contribution is -2.68. The Hall–Kier alpha value is -2.69. The van der Waals surface area contributed by atoms with Crippen molar-refractivity contribution in [3.05, 3.63) is 0 Å². The van der Waals surface area contributed by atoms with Gasteiger partial charge >= 0.3 is 29.8 Å². The van der Waals surface area contributed by atoms with Gasteiger partial charge in [0.1, 0.15) is 6.10 Å². The fourth-order valence-corrected chi connectivity index (χ4v) is 2.77. The predicted molar refractivity (Wildman–Crippen MR) is 83.8 cm³/mol. The van der Waals surface area contributed by atoms with Crippen LogP contribution in [-0.4, -0.2) is 71.6 Å². The fraction of sp³-hybridized carbons (Fsp3) is 0.688. The number of esters is 5. The van der Waals surface area contributed by atoms with Gasteiger partial charge in [0.05, 0.1) is 0 Å². The normalized spacial score (nSPS) is 29.9. The van der Waals surface area contributed by atoms with Crippen LogP contribution in [0.2, 0.25) is 0 Å². The number of rotatable bonds is 5. The zero-order chi connectivity index (χ0) is 20.9. The first-order valence-corrected chi connectivity index (χ1v) is 7.98. The Balaban J connectivity index is 3.46. The number of carbonyl (C=O) groups excluding carboxylic acids is 5. The van der Waals surface area contributed by atoms with E-state index < -0.39 is 66.5 Å². The van der Waals surface area contributed by atoms with Gasteiger partial charge in [0.2, 0.25) is 0 Å². The van der Waals surface area contributed by atoms with Gasteiger partial charge in [-0.3, -0.25) is 24.0 Å². The molecule has 0 aliphatic heterocycles. The second-order valence-corrected chi connectivity index (χ2v) is 5.86. The molecule has 0 aromatic rings. The third-order valence-electron chi connectivity index (χ3n) is 3.48. The van der Waals surface area contributed by atoms with Crippen LogP contribution in [-0.2, 0) is 47.7 Å². The lowest BCUT2D eigenvalue weighted by atomic mass is 9.84. The molecule has 152 valence electrons. The summed E-state index contributed by atoms with van der Waals surface area (Å²) in [5.74, 6) is -4.20. The van der Waals surface area contributed by atoms with Crippen molar-refractivity contribution >= 4 is 29.8 Å². The molecule has 0 radical (unpaired) electrons. The van der Waals surface area contributed by atoms with E-state index in [4.69, 9.17) is 23.7 Å².